The fraction of sp³-hybridized carbons (Fsp3) is 0.364. The van der Waals surface area contributed by atoms with Crippen LogP contribution in [0.2, 0.25) is 0 Å². The van der Waals surface area contributed by atoms with E-state index in [0.29, 0.717) is 0 Å². The first kappa shape index (κ1) is 10.3. The first-order valence-corrected chi connectivity index (χ1v) is 5.52. The Morgan fingerprint density at radius 3 is 2.31 bits per heavy atom. The summed E-state index contributed by atoms with van der Waals surface area (Å²) in [6.07, 6.45) is 1.02. The number of hydrogen-bond acceptors (Lipinski definition) is 2. The Labute approximate surface area is 83.5 Å². The minimum atomic E-state index is 0.171. The lowest BCUT2D eigenvalue weighted by Crippen LogP contribution is -1.93. The Hall–Kier alpha value is -0.760. The summed E-state index contributed by atoms with van der Waals surface area (Å²) >= 11 is 1.36. The molecule has 2 heteroatoms. The van der Waals surface area contributed by atoms with Crippen molar-refractivity contribution in [3.05, 3.63) is 35.4 Å². The van der Waals surface area contributed by atoms with Gasteiger partial charge in [0.25, 0.3) is 0 Å². The van der Waals surface area contributed by atoms with Crippen molar-refractivity contribution in [1.82, 2.24) is 0 Å². The molecule has 0 spiro atoms. The minimum Gasteiger partial charge on any atom is -0.282 e. The number of rotatable bonds is 3. The molecule has 0 aliphatic carbocycles. The summed E-state index contributed by atoms with van der Waals surface area (Å²) in [4.78, 5) is 11.4. The van der Waals surface area contributed by atoms with Crippen molar-refractivity contribution in [3.63, 3.8) is 0 Å². The second-order valence-corrected chi connectivity index (χ2v) is 4.01. The van der Waals surface area contributed by atoms with Crippen LogP contribution in [0.5, 0.6) is 0 Å². The van der Waals surface area contributed by atoms with Gasteiger partial charge in [0.15, 0.2) is 0 Å². The van der Waals surface area contributed by atoms with Crippen LogP contribution in [-0.4, -0.2) is 10.9 Å². The molecule has 0 saturated heterocycles. The van der Waals surface area contributed by atoms with E-state index < -0.39 is 0 Å². The summed E-state index contributed by atoms with van der Waals surface area (Å²) in [5, 5.41) is 0.171. The summed E-state index contributed by atoms with van der Waals surface area (Å²) in [5.41, 5.74) is 2.09. The van der Waals surface area contributed by atoms with Gasteiger partial charge in [-0.15, -0.1) is 0 Å². The van der Waals surface area contributed by atoms with E-state index in [4.69, 9.17) is 0 Å². The zero-order valence-electron chi connectivity index (χ0n) is 8.04. The van der Waals surface area contributed by atoms with Crippen LogP contribution in [0.1, 0.15) is 29.8 Å². The van der Waals surface area contributed by atoms with E-state index >= 15 is 0 Å². The largest absolute Gasteiger partial charge is 0.282 e. The van der Waals surface area contributed by atoms with Crippen LogP contribution in [0, 0.1) is 0 Å². The third-order valence-corrected chi connectivity index (χ3v) is 2.66. The predicted molar refractivity (Wildman–Crippen MR) is 58.3 cm³/mol. The molecule has 1 aromatic carbocycles. The molecule has 1 nitrogen and oxygen atoms in total. The number of hydrogen-bond donors (Lipinski definition) is 0. The molecule has 1 rings (SSSR count). The number of aryl methyl sites for hydroxylation is 1. The van der Waals surface area contributed by atoms with Crippen molar-refractivity contribution in [2.75, 3.05) is 5.75 Å². The smallest absolute Gasteiger partial charge is 0.219 e. The van der Waals surface area contributed by atoms with Crippen molar-refractivity contribution in [3.8, 4) is 0 Å². The second-order valence-electron chi connectivity index (χ2n) is 2.77. The molecule has 1 aromatic rings. The molecule has 70 valence electrons. The van der Waals surface area contributed by atoms with Crippen LogP contribution >= 0.6 is 11.8 Å². The summed E-state index contributed by atoms with van der Waals surface area (Å²) in [7, 11) is 0. The molecule has 0 aliphatic rings. The third-order valence-electron chi connectivity index (χ3n) is 1.87. The molecule has 0 heterocycles. The molecule has 0 unspecified atom stereocenters. The van der Waals surface area contributed by atoms with Crippen molar-refractivity contribution in [2.24, 2.45) is 0 Å². The van der Waals surface area contributed by atoms with Crippen LogP contribution in [0.3, 0.4) is 0 Å². The Morgan fingerprint density at radius 1 is 1.23 bits per heavy atom. The molecule has 0 atom stereocenters. The third kappa shape index (κ3) is 2.88. The predicted octanol–water partition coefficient (Wildman–Crippen LogP) is 3.14. The zero-order chi connectivity index (χ0) is 9.68. The molecule has 13 heavy (non-hydrogen) atoms. The maximum absolute atomic E-state index is 11.4. The highest BCUT2D eigenvalue weighted by atomic mass is 32.2. The fourth-order valence-corrected chi connectivity index (χ4v) is 1.66. The first-order chi connectivity index (χ1) is 6.27. The number of thioether (sulfide) groups is 1. The lowest BCUT2D eigenvalue weighted by atomic mass is 10.1. The van der Waals surface area contributed by atoms with Crippen molar-refractivity contribution in [1.29, 1.82) is 0 Å². The first-order valence-electron chi connectivity index (χ1n) is 4.54. The summed E-state index contributed by atoms with van der Waals surface area (Å²) < 4.78 is 0. The Morgan fingerprint density at radius 2 is 1.85 bits per heavy atom. The summed E-state index contributed by atoms with van der Waals surface area (Å²) in [5.74, 6) is 0.842. The van der Waals surface area contributed by atoms with Gasteiger partial charge in [-0.1, -0.05) is 49.9 Å². The quantitative estimate of drug-likeness (QED) is 0.735. The van der Waals surface area contributed by atoms with Gasteiger partial charge in [0.2, 0.25) is 5.12 Å². The number of benzene rings is 1. The molecule has 0 saturated carbocycles. The van der Waals surface area contributed by atoms with Gasteiger partial charge in [0.1, 0.15) is 0 Å². The fourth-order valence-electron chi connectivity index (χ4n) is 1.09. The van der Waals surface area contributed by atoms with Crippen LogP contribution in [0.15, 0.2) is 24.3 Å². The van der Waals surface area contributed by atoms with Gasteiger partial charge in [-0.25, -0.2) is 0 Å². The molecular formula is C11H14OS. The van der Waals surface area contributed by atoms with Gasteiger partial charge >= 0.3 is 0 Å². The highest BCUT2D eigenvalue weighted by Gasteiger charge is 2.03. The van der Waals surface area contributed by atoms with E-state index in [0.717, 1.165) is 17.7 Å². The molecule has 0 amide bonds. The van der Waals surface area contributed by atoms with Crippen LogP contribution in [0.4, 0.5) is 0 Å². The molecule has 0 aromatic heterocycles. The van der Waals surface area contributed by atoms with Crippen LogP contribution < -0.4 is 0 Å². The van der Waals surface area contributed by atoms with E-state index in [1.54, 1.807) is 0 Å². The van der Waals surface area contributed by atoms with E-state index in [2.05, 4.69) is 6.92 Å². The monoisotopic (exact) mass is 194 g/mol. The van der Waals surface area contributed by atoms with E-state index in [-0.39, 0.29) is 5.12 Å². The Bertz CT molecular complexity index is 277. The normalized spacial score (nSPS) is 10.0. The Kier molecular flexibility index (Phi) is 4.03. The van der Waals surface area contributed by atoms with Crippen LogP contribution in [0.25, 0.3) is 0 Å². The lowest BCUT2D eigenvalue weighted by Gasteiger charge is -1.99. The number of carbonyl (C=O) groups excluding carboxylic acids is 1. The van der Waals surface area contributed by atoms with Gasteiger partial charge < -0.3 is 0 Å². The van der Waals surface area contributed by atoms with Gasteiger partial charge in [0, 0.05) is 5.56 Å². The molecule has 0 fully saturated rings. The highest BCUT2D eigenvalue weighted by molar-refractivity contribution is 8.14. The highest BCUT2D eigenvalue weighted by Crippen LogP contribution is 2.13. The van der Waals surface area contributed by atoms with Crippen LogP contribution in [-0.2, 0) is 6.42 Å². The average Bonchev–Trinajstić information content (AvgIpc) is 2.18. The minimum absolute atomic E-state index is 0.171. The van der Waals surface area contributed by atoms with E-state index in [9.17, 15) is 4.79 Å². The summed E-state index contributed by atoms with van der Waals surface area (Å²) in [6, 6.07) is 7.85. The van der Waals surface area contributed by atoms with E-state index in [1.807, 2.05) is 31.2 Å². The standard InChI is InChI=1S/C11H14OS/c1-3-9-5-7-10(8-6-9)11(12)13-4-2/h5-8H,3-4H2,1-2H3. The van der Waals surface area contributed by atoms with Crippen molar-refractivity contribution < 1.29 is 4.79 Å². The molecular weight excluding hydrogens is 180 g/mol. The van der Waals surface area contributed by atoms with Crippen molar-refractivity contribution in [2.45, 2.75) is 20.3 Å². The zero-order valence-corrected chi connectivity index (χ0v) is 8.86. The van der Waals surface area contributed by atoms with Crippen molar-refractivity contribution >= 4 is 16.9 Å². The molecule has 0 radical (unpaired) electrons. The molecule has 0 aliphatic heterocycles. The topological polar surface area (TPSA) is 17.1 Å². The second kappa shape index (κ2) is 5.07. The maximum Gasteiger partial charge on any atom is 0.219 e. The van der Waals surface area contributed by atoms with Gasteiger partial charge in [-0.2, -0.15) is 0 Å². The SMILES string of the molecule is CCSC(=O)c1ccc(CC)cc1. The summed E-state index contributed by atoms with van der Waals surface area (Å²) in [6.45, 7) is 4.10. The maximum atomic E-state index is 11.4. The Balaban J connectivity index is 2.74. The number of carbonyl (C=O) groups is 1. The van der Waals surface area contributed by atoms with Gasteiger partial charge in [-0.05, 0) is 17.7 Å². The molecule has 0 bridgehead atoms. The lowest BCUT2D eigenvalue weighted by molar-refractivity contribution is 0.108. The van der Waals surface area contributed by atoms with E-state index in [1.165, 1.54) is 17.3 Å². The van der Waals surface area contributed by atoms with Gasteiger partial charge in [0.05, 0.1) is 0 Å². The average molecular weight is 194 g/mol. The van der Waals surface area contributed by atoms with Gasteiger partial charge in [-0.3, -0.25) is 4.79 Å². The molecule has 0 N–H and O–H groups in total.